The summed E-state index contributed by atoms with van der Waals surface area (Å²) < 4.78 is 10.7. The lowest BCUT2D eigenvalue weighted by atomic mass is 10.1. The minimum Gasteiger partial charge on any atom is -0.493 e. The minimum absolute atomic E-state index is 0.111. The van der Waals surface area contributed by atoms with Crippen LogP contribution in [0.1, 0.15) is 12.0 Å². The summed E-state index contributed by atoms with van der Waals surface area (Å²) >= 11 is 0. The molecule has 3 nitrogen and oxygen atoms in total. The SMILES string of the molecule is O=CCOc1ccc2c(c1)CCCO2. The molecule has 0 fully saturated rings. The first-order valence-corrected chi connectivity index (χ1v) is 4.72. The molecule has 14 heavy (non-hydrogen) atoms. The lowest BCUT2D eigenvalue weighted by molar-refractivity contribution is -0.109. The van der Waals surface area contributed by atoms with Gasteiger partial charge >= 0.3 is 0 Å². The van der Waals surface area contributed by atoms with Crippen LogP contribution in [0.25, 0.3) is 0 Å². The molecule has 2 rings (SSSR count). The van der Waals surface area contributed by atoms with Crippen LogP contribution >= 0.6 is 0 Å². The van der Waals surface area contributed by atoms with E-state index in [1.165, 1.54) is 5.56 Å². The van der Waals surface area contributed by atoms with Crippen LogP contribution in [0.2, 0.25) is 0 Å². The second kappa shape index (κ2) is 4.13. The molecule has 0 N–H and O–H groups in total. The number of benzene rings is 1. The third kappa shape index (κ3) is 1.87. The molecule has 0 bridgehead atoms. The standard InChI is InChI=1S/C11H12O3/c12-5-7-13-10-3-4-11-9(8-10)2-1-6-14-11/h3-5,8H,1-2,6-7H2. The topological polar surface area (TPSA) is 35.5 Å². The van der Waals surface area contributed by atoms with Gasteiger partial charge < -0.3 is 9.47 Å². The van der Waals surface area contributed by atoms with Gasteiger partial charge in [-0.3, -0.25) is 4.79 Å². The van der Waals surface area contributed by atoms with E-state index in [1.807, 2.05) is 18.2 Å². The van der Waals surface area contributed by atoms with Crippen LogP contribution in [0, 0.1) is 0 Å². The Morgan fingerprint density at radius 3 is 3.29 bits per heavy atom. The van der Waals surface area contributed by atoms with Gasteiger partial charge in [0.25, 0.3) is 0 Å². The van der Waals surface area contributed by atoms with Crippen LogP contribution in [0.5, 0.6) is 11.5 Å². The van der Waals surface area contributed by atoms with Crippen molar-refractivity contribution in [2.45, 2.75) is 12.8 Å². The van der Waals surface area contributed by atoms with Gasteiger partial charge in [0.05, 0.1) is 6.61 Å². The fourth-order valence-electron chi connectivity index (χ4n) is 1.56. The second-order valence-corrected chi connectivity index (χ2v) is 3.20. The second-order valence-electron chi connectivity index (χ2n) is 3.20. The van der Waals surface area contributed by atoms with Gasteiger partial charge in [-0.1, -0.05) is 0 Å². The van der Waals surface area contributed by atoms with Crippen molar-refractivity contribution in [1.29, 1.82) is 0 Å². The van der Waals surface area contributed by atoms with Crippen molar-refractivity contribution < 1.29 is 14.3 Å². The molecule has 0 aliphatic carbocycles. The number of fused-ring (bicyclic) bond motifs is 1. The Hall–Kier alpha value is -1.51. The Morgan fingerprint density at radius 2 is 2.43 bits per heavy atom. The number of rotatable bonds is 3. The van der Waals surface area contributed by atoms with Gasteiger partial charge in [-0.15, -0.1) is 0 Å². The zero-order chi connectivity index (χ0) is 9.80. The highest BCUT2D eigenvalue weighted by molar-refractivity contribution is 5.51. The zero-order valence-corrected chi connectivity index (χ0v) is 7.86. The Kier molecular flexibility index (Phi) is 2.68. The number of aldehydes is 1. The Morgan fingerprint density at radius 1 is 1.50 bits per heavy atom. The van der Waals surface area contributed by atoms with Crippen molar-refractivity contribution >= 4 is 6.29 Å². The quantitative estimate of drug-likeness (QED) is 0.682. The molecule has 0 radical (unpaired) electrons. The van der Waals surface area contributed by atoms with E-state index >= 15 is 0 Å². The monoisotopic (exact) mass is 192 g/mol. The Bertz CT molecular complexity index is 333. The number of hydrogen-bond acceptors (Lipinski definition) is 3. The predicted octanol–water partition coefficient (Wildman–Crippen LogP) is 1.59. The average Bonchev–Trinajstić information content (AvgIpc) is 2.26. The largest absolute Gasteiger partial charge is 0.493 e. The highest BCUT2D eigenvalue weighted by Crippen LogP contribution is 2.28. The summed E-state index contributed by atoms with van der Waals surface area (Å²) in [6, 6.07) is 5.67. The summed E-state index contributed by atoms with van der Waals surface area (Å²) in [4.78, 5) is 10.1. The van der Waals surface area contributed by atoms with E-state index in [-0.39, 0.29) is 6.61 Å². The smallest absolute Gasteiger partial charge is 0.157 e. The number of carbonyl (C=O) groups excluding carboxylic acids is 1. The molecular weight excluding hydrogens is 180 g/mol. The molecular formula is C11H12O3. The van der Waals surface area contributed by atoms with Gasteiger partial charge in [0.2, 0.25) is 0 Å². The van der Waals surface area contributed by atoms with Crippen molar-refractivity contribution in [2.24, 2.45) is 0 Å². The van der Waals surface area contributed by atoms with Gasteiger partial charge in [-0.25, -0.2) is 0 Å². The summed E-state index contributed by atoms with van der Waals surface area (Å²) in [5, 5.41) is 0. The highest BCUT2D eigenvalue weighted by Gasteiger charge is 2.10. The van der Waals surface area contributed by atoms with Crippen molar-refractivity contribution in [1.82, 2.24) is 0 Å². The molecule has 0 amide bonds. The van der Waals surface area contributed by atoms with Crippen LogP contribution in [0.15, 0.2) is 18.2 Å². The summed E-state index contributed by atoms with van der Waals surface area (Å²) in [5.74, 6) is 1.68. The van der Waals surface area contributed by atoms with Crippen LogP contribution in [-0.2, 0) is 11.2 Å². The maximum absolute atomic E-state index is 10.1. The van der Waals surface area contributed by atoms with Crippen LogP contribution in [0.3, 0.4) is 0 Å². The first-order valence-electron chi connectivity index (χ1n) is 4.72. The molecule has 1 heterocycles. The van der Waals surface area contributed by atoms with Gasteiger partial charge in [-0.2, -0.15) is 0 Å². The Labute approximate surface area is 82.6 Å². The van der Waals surface area contributed by atoms with Gasteiger partial charge in [-0.05, 0) is 36.6 Å². The summed E-state index contributed by atoms with van der Waals surface area (Å²) in [6.45, 7) is 0.904. The molecule has 0 aromatic heterocycles. The lowest BCUT2D eigenvalue weighted by Crippen LogP contribution is -2.08. The van der Waals surface area contributed by atoms with Crippen molar-refractivity contribution in [3.8, 4) is 11.5 Å². The van der Waals surface area contributed by atoms with Crippen molar-refractivity contribution in [3.05, 3.63) is 23.8 Å². The average molecular weight is 192 g/mol. The van der Waals surface area contributed by atoms with E-state index in [0.29, 0.717) is 0 Å². The molecule has 74 valence electrons. The van der Waals surface area contributed by atoms with Crippen LogP contribution in [0.4, 0.5) is 0 Å². The third-order valence-corrected chi connectivity index (χ3v) is 2.20. The van der Waals surface area contributed by atoms with E-state index in [1.54, 1.807) is 0 Å². The Balaban J connectivity index is 2.16. The van der Waals surface area contributed by atoms with E-state index in [4.69, 9.17) is 9.47 Å². The zero-order valence-electron chi connectivity index (χ0n) is 7.86. The molecule has 1 aliphatic heterocycles. The molecule has 0 saturated carbocycles. The van der Waals surface area contributed by atoms with E-state index in [2.05, 4.69) is 0 Å². The molecule has 1 aromatic rings. The van der Waals surface area contributed by atoms with E-state index in [9.17, 15) is 4.79 Å². The normalized spacial score (nSPS) is 14.0. The van der Waals surface area contributed by atoms with E-state index in [0.717, 1.165) is 37.2 Å². The molecule has 1 aliphatic rings. The number of aryl methyl sites for hydroxylation is 1. The van der Waals surface area contributed by atoms with Gasteiger partial charge in [0, 0.05) is 0 Å². The third-order valence-electron chi connectivity index (χ3n) is 2.20. The van der Waals surface area contributed by atoms with E-state index < -0.39 is 0 Å². The molecule has 1 aromatic carbocycles. The number of ether oxygens (including phenoxy) is 2. The lowest BCUT2D eigenvalue weighted by Gasteiger charge is -2.17. The first-order chi connectivity index (χ1) is 6.90. The van der Waals surface area contributed by atoms with Crippen LogP contribution in [-0.4, -0.2) is 19.5 Å². The summed E-state index contributed by atoms with van der Waals surface area (Å²) in [7, 11) is 0. The highest BCUT2D eigenvalue weighted by atomic mass is 16.5. The molecule has 0 unspecified atom stereocenters. The molecule has 0 atom stereocenters. The molecule has 0 spiro atoms. The van der Waals surface area contributed by atoms with Crippen LogP contribution < -0.4 is 9.47 Å². The van der Waals surface area contributed by atoms with Crippen molar-refractivity contribution in [3.63, 3.8) is 0 Å². The summed E-state index contributed by atoms with van der Waals surface area (Å²) in [6.07, 6.45) is 2.81. The summed E-state index contributed by atoms with van der Waals surface area (Å²) in [5.41, 5.74) is 1.17. The maximum Gasteiger partial charge on any atom is 0.157 e. The fraction of sp³-hybridized carbons (Fsp3) is 0.364. The van der Waals surface area contributed by atoms with Gasteiger partial charge in [0.15, 0.2) is 6.29 Å². The fourth-order valence-corrected chi connectivity index (χ4v) is 1.56. The molecule has 0 saturated heterocycles. The minimum atomic E-state index is 0.111. The first kappa shape index (κ1) is 9.06. The number of hydrogen-bond donors (Lipinski definition) is 0. The van der Waals surface area contributed by atoms with Crippen molar-refractivity contribution in [2.75, 3.05) is 13.2 Å². The van der Waals surface area contributed by atoms with Gasteiger partial charge in [0.1, 0.15) is 18.1 Å². The molecule has 3 heteroatoms. The maximum atomic E-state index is 10.1. The predicted molar refractivity (Wildman–Crippen MR) is 51.8 cm³/mol. The number of carbonyl (C=O) groups is 1.